The second-order valence-electron chi connectivity index (χ2n) is 7.04. The molecule has 0 spiro atoms. The van der Waals surface area contributed by atoms with Crippen LogP contribution in [-0.2, 0) is 6.18 Å². The molecule has 4 rings (SSSR count). The first-order valence-electron chi connectivity index (χ1n) is 9.02. The molecule has 1 aromatic heterocycles. The Morgan fingerprint density at radius 2 is 1.89 bits per heavy atom. The second kappa shape index (κ2) is 6.76. The van der Waals surface area contributed by atoms with Crippen molar-refractivity contribution >= 4 is 11.5 Å². The Hall–Kier alpha value is -2.75. The van der Waals surface area contributed by atoms with Crippen LogP contribution in [0.5, 0.6) is 0 Å². The zero-order chi connectivity index (χ0) is 19.0. The summed E-state index contributed by atoms with van der Waals surface area (Å²) in [5.41, 5.74) is -0.744. The molecule has 0 amide bonds. The molecule has 2 aliphatic rings. The SMILES string of the molecule is N#Cc1c(N2CCC3CCN(c4ccccn4)CC32)cccc1C(F)(F)F. The Morgan fingerprint density at radius 3 is 2.59 bits per heavy atom. The van der Waals surface area contributed by atoms with Gasteiger partial charge in [0.25, 0.3) is 0 Å². The van der Waals surface area contributed by atoms with E-state index in [2.05, 4.69) is 9.88 Å². The van der Waals surface area contributed by atoms with Gasteiger partial charge in [0.2, 0.25) is 0 Å². The van der Waals surface area contributed by atoms with Crippen molar-refractivity contribution in [2.45, 2.75) is 25.1 Å². The van der Waals surface area contributed by atoms with E-state index in [1.807, 2.05) is 23.1 Å². The molecule has 1 aromatic carbocycles. The predicted octanol–water partition coefficient (Wildman–Crippen LogP) is 4.08. The summed E-state index contributed by atoms with van der Waals surface area (Å²) in [7, 11) is 0. The van der Waals surface area contributed by atoms with Gasteiger partial charge in [-0.25, -0.2) is 4.98 Å². The number of halogens is 3. The summed E-state index contributed by atoms with van der Waals surface area (Å²) in [4.78, 5) is 8.57. The fourth-order valence-electron chi connectivity index (χ4n) is 4.32. The molecule has 2 aromatic rings. The van der Waals surface area contributed by atoms with Crippen molar-refractivity contribution in [2.75, 3.05) is 29.4 Å². The number of pyridine rings is 1. The van der Waals surface area contributed by atoms with E-state index in [4.69, 9.17) is 0 Å². The van der Waals surface area contributed by atoms with Crippen LogP contribution in [0.3, 0.4) is 0 Å². The number of hydrogen-bond donors (Lipinski definition) is 0. The van der Waals surface area contributed by atoms with Gasteiger partial charge >= 0.3 is 6.18 Å². The molecule has 2 aliphatic heterocycles. The lowest BCUT2D eigenvalue weighted by molar-refractivity contribution is -0.137. The van der Waals surface area contributed by atoms with Crippen molar-refractivity contribution in [2.24, 2.45) is 5.92 Å². The summed E-state index contributed by atoms with van der Waals surface area (Å²) in [6.45, 7) is 2.25. The number of piperidine rings is 1. The van der Waals surface area contributed by atoms with Gasteiger partial charge in [0.15, 0.2) is 0 Å². The number of alkyl halides is 3. The van der Waals surface area contributed by atoms with Gasteiger partial charge in [0, 0.05) is 31.9 Å². The summed E-state index contributed by atoms with van der Waals surface area (Å²) in [5.74, 6) is 1.30. The third-order valence-electron chi connectivity index (χ3n) is 5.60. The predicted molar refractivity (Wildman–Crippen MR) is 96.5 cm³/mol. The number of rotatable bonds is 2. The van der Waals surface area contributed by atoms with E-state index in [0.717, 1.165) is 31.3 Å². The van der Waals surface area contributed by atoms with Crippen LogP contribution in [0.1, 0.15) is 24.0 Å². The van der Waals surface area contributed by atoms with Crippen LogP contribution in [-0.4, -0.2) is 30.7 Å². The Bertz CT molecular complexity index is 860. The molecular weight excluding hydrogens is 353 g/mol. The molecule has 0 aliphatic carbocycles. The molecule has 27 heavy (non-hydrogen) atoms. The molecule has 7 heteroatoms. The first-order chi connectivity index (χ1) is 13.0. The van der Waals surface area contributed by atoms with E-state index in [0.29, 0.717) is 24.7 Å². The van der Waals surface area contributed by atoms with Gasteiger partial charge in [-0.2, -0.15) is 18.4 Å². The lowest BCUT2D eigenvalue weighted by Crippen LogP contribution is -2.48. The Labute approximate surface area is 155 Å². The molecule has 0 N–H and O–H groups in total. The molecule has 2 unspecified atom stereocenters. The highest BCUT2D eigenvalue weighted by atomic mass is 19.4. The average Bonchev–Trinajstić information content (AvgIpc) is 3.10. The van der Waals surface area contributed by atoms with Gasteiger partial charge in [-0.1, -0.05) is 12.1 Å². The highest BCUT2D eigenvalue weighted by Gasteiger charge is 2.41. The Morgan fingerprint density at radius 1 is 1.07 bits per heavy atom. The molecule has 2 atom stereocenters. The number of nitrogens with zero attached hydrogens (tertiary/aromatic N) is 4. The van der Waals surface area contributed by atoms with Crippen LogP contribution in [0.4, 0.5) is 24.7 Å². The quantitative estimate of drug-likeness (QED) is 0.797. The standard InChI is InChI=1S/C20H19F3N4/c21-20(22,23)16-4-3-5-17(15(16)12-24)27-11-8-14-7-10-26(13-18(14)27)19-6-1-2-9-25-19/h1-6,9,14,18H,7-8,10-11,13H2. The van der Waals surface area contributed by atoms with Crippen LogP contribution in [0, 0.1) is 17.2 Å². The third-order valence-corrected chi connectivity index (χ3v) is 5.60. The van der Waals surface area contributed by atoms with Crippen molar-refractivity contribution in [3.8, 4) is 6.07 Å². The third kappa shape index (κ3) is 3.20. The van der Waals surface area contributed by atoms with Crippen LogP contribution in [0.15, 0.2) is 42.6 Å². The monoisotopic (exact) mass is 372 g/mol. The second-order valence-corrected chi connectivity index (χ2v) is 7.04. The van der Waals surface area contributed by atoms with Crippen molar-refractivity contribution in [1.29, 1.82) is 5.26 Å². The molecule has 0 saturated carbocycles. The van der Waals surface area contributed by atoms with E-state index in [1.165, 1.54) is 6.07 Å². The number of anilines is 2. The molecule has 2 fully saturated rings. The fourth-order valence-corrected chi connectivity index (χ4v) is 4.32. The Kier molecular flexibility index (Phi) is 4.42. The first-order valence-corrected chi connectivity index (χ1v) is 9.02. The topological polar surface area (TPSA) is 43.2 Å². The number of aromatic nitrogens is 1. The van der Waals surface area contributed by atoms with E-state index in [-0.39, 0.29) is 11.6 Å². The van der Waals surface area contributed by atoms with Crippen LogP contribution in [0.25, 0.3) is 0 Å². The van der Waals surface area contributed by atoms with Crippen molar-refractivity contribution < 1.29 is 13.2 Å². The zero-order valence-corrected chi connectivity index (χ0v) is 14.7. The highest BCUT2D eigenvalue weighted by Crippen LogP contribution is 2.41. The summed E-state index contributed by atoms with van der Waals surface area (Å²) in [5, 5.41) is 9.45. The molecule has 140 valence electrons. The molecule has 0 radical (unpaired) electrons. The number of nitriles is 1. The van der Waals surface area contributed by atoms with Crippen LogP contribution in [0.2, 0.25) is 0 Å². The summed E-state index contributed by atoms with van der Waals surface area (Å²) in [6, 6.07) is 11.6. The van der Waals surface area contributed by atoms with Gasteiger partial charge in [-0.15, -0.1) is 0 Å². The van der Waals surface area contributed by atoms with E-state index >= 15 is 0 Å². The number of fused-ring (bicyclic) bond motifs is 1. The maximum Gasteiger partial charge on any atom is 0.417 e. The average molecular weight is 372 g/mol. The van der Waals surface area contributed by atoms with E-state index in [9.17, 15) is 18.4 Å². The smallest absolute Gasteiger partial charge is 0.365 e. The van der Waals surface area contributed by atoms with Gasteiger partial charge in [-0.05, 0) is 43.0 Å². The maximum absolute atomic E-state index is 13.3. The molecule has 3 heterocycles. The molecule has 0 bridgehead atoms. The minimum atomic E-state index is -4.53. The number of hydrogen-bond acceptors (Lipinski definition) is 4. The fraction of sp³-hybridized carbons (Fsp3) is 0.400. The summed E-state index contributed by atoms with van der Waals surface area (Å²) in [6.07, 6.45) is -0.887. The highest BCUT2D eigenvalue weighted by molar-refractivity contribution is 5.64. The Balaban J connectivity index is 1.67. The lowest BCUT2D eigenvalue weighted by atomic mass is 9.91. The van der Waals surface area contributed by atoms with Crippen molar-refractivity contribution in [1.82, 2.24) is 4.98 Å². The van der Waals surface area contributed by atoms with Gasteiger partial charge < -0.3 is 9.80 Å². The lowest BCUT2D eigenvalue weighted by Gasteiger charge is -2.40. The van der Waals surface area contributed by atoms with Gasteiger partial charge in [0.1, 0.15) is 11.9 Å². The van der Waals surface area contributed by atoms with Crippen molar-refractivity contribution in [3.05, 3.63) is 53.7 Å². The number of benzene rings is 1. The van der Waals surface area contributed by atoms with Crippen LogP contribution < -0.4 is 9.80 Å². The summed E-state index contributed by atoms with van der Waals surface area (Å²) < 4.78 is 40.0. The largest absolute Gasteiger partial charge is 0.417 e. The minimum Gasteiger partial charge on any atom is -0.365 e. The van der Waals surface area contributed by atoms with Gasteiger partial charge in [0.05, 0.1) is 16.8 Å². The van der Waals surface area contributed by atoms with Crippen LogP contribution >= 0.6 is 0 Å². The van der Waals surface area contributed by atoms with E-state index in [1.54, 1.807) is 18.3 Å². The van der Waals surface area contributed by atoms with E-state index < -0.39 is 11.7 Å². The van der Waals surface area contributed by atoms with Gasteiger partial charge in [-0.3, -0.25) is 0 Å². The molecule has 4 nitrogen and oxygen atoms in total. The minimum absolute atomic E-state index is 0.0799. The normalized spacial score (nSPS) is 22.4. The molecular formula is C20H19F3N4. The zero-order valence-electron chi connectivity index (χ0n) is 14.7. The maximum atomic E-state index is 13.3. The summed E-state index contributed by atoms with van der Waals surface area (Å²) >= 11 is 0. The van der Waals surface area contributed by atoms with Crippen molar-refractivity contribution in [3.63, 3.8) is 0 Å². The molecule has 2 saturated heterocycles. The first kappa shape index (κ1) is 17.7.